The molecule has 0 bridgehead atoms. The highest BCUT2D eigenvalue weighted by molar-refractivity contribution is 6.04. The summed E-state index contributed by atoms with van der Waals surface area (Å²) in [7, 11) is 0. The molecule has 0 atom stereocenters. The summed E-state index contributed by atoms with van der Waals surface area (Å²) in [5.41, 5.74) is 3.19. The van der Waals surface area contributed by atoms with Gasteiger partial charge < -0.3 is 15.7 Å². The van der Waals surface area contributed by atoms with Gasteiger partial charge in [-0.2, -0.15) is 0 Å². The number of carbonyl (C=O) groups is 1. The van der Waals surface area contributed by atoms with Crippen LogP contribution in [0.2, 0.25) is 0 Å². The maximum Gasteiger partial charge on any atom is 0.255 e. The van der Waals surface area contributed by atoms with E-state index in [1.54, 1.807) is 24.5 Å². The molecule has 29 heavy (non-hydrogen) atoms. The molecule has 3 N–H and O–H groups in total. The van der Waals surface area contributed by atoms with Crippen molar-refractivity contribution in [2.75, 3.05) is 5.32 Å². The third kappa shape index (κ3) is 4.42. The molecule has 0 aliphatic rings. The minimum absolute atomic E-state index is 0.168. The Labute approximate surface area is 169 Å². The number of pyridine rings is 1. The van der Waals surface area contributed by atoms with Crippen LogP contribution in [0.1, 0.15) is 21.5 Å². The Balaban J connectivity index is 1.39. The van der Waals surface area contributed by atoms with Crippen LogP contribution in [0.15, 0.2) is 85.2 Å². The third-order valence-corrected chi connectivity index (χ3v) is 4.76. The molecule has 1 aromatic heterocycles. The van der Waals surface area contributed by atoms with Crippen molar-refractivity contribution in [3.63, 3.8) is 0 Å². The zero-order chi connectivity index (χ0) is 20.1. The van der Waals surface area contributed by atoms with Gasteiger partial charge in [0.25, 0.3) is 5.91 Å². The summed E-state index contributed by atoms with van der Waals surface area (Å²) in [4.78, 5) is 16.2. The number of carbonyl (C=O) groups excluding carboxylic acids is 1. The van der Waals surface area contributed by atoms with Gasteiger partial charge in [0.15, 0.2) is 0 Å². The van der Waals surface area contributed by atoms with Gasteiger partial charge in [-0.15, -0.1) is 0 Å². The number of rotatable bonds is 6. The number of benzene rings is 3. The number of phenolic OH excluding ortho intramolecular Hbond substituents is 1. The molecular weight excluding hydrogens is 362 g/mol. The van der Waals surface area contributed by atoms with Crippen molar-refractivity contribution in [3.05, 3.63) is 102 Å². The summed E-state index contributed by atoms with van der Waals surface area (Å²) in [6.45, 7) is 1.16. The first kappa shape index (κ1) is 18.7. The average molecular weight is 383 g/mol. The van der Waals surface area contributed by atoms with E-state index >= 15 is 0 Å². The second-order valence-corrected chi connectivity index (χ2v) is 6.79. The molecule has 5 heteroatoms. The van der Waals surface area contributed by atoms with Crippen molar-refractivity contribution in [1.82, 2.24) is 10.3 Å². The molecule has 1 heterocycles. The van der Waals surface area contributed by atoms with E-state index in [4.69, 9.17) is 0 Å². The zero-order valence-corrected chi connectivity index (χ0v) is 15.8. The number of nitrogens with zero attached hydrogens (tertiary/aromatic N) is 1. The van der Waals surface area contributed by atoms with Crippen molar-refractivity contribution in [2.45, 2.75) is 13.1 Å². The summed E-state index contributed by atoms with van der Waals surface area (Å²) in [6, 6.07) is 22.8. The second-order valence-electron chi connectivity index (χ2n) is 6.79. The van der Waals surface area contributed by atoms with Gasteiger partial charge in [0, 0.05) is 47.7 Å². The largest absolute Gasteiger partial charge is 0.507 e. The van der Waals surface area contributed by atoms with E-state index in [9.17, 15) is 9.90 Å². The van der Waals surface area contributed by atoms with E-state index < -0.39 is 0 Å². The van der Waals surface area contributed by atoms with Crippen LogP contribution in [-0.4, -0.2) is 16.0 Å². The lowest BCUT2D eigenvalue weighted by atomic mass is 10.1. The van der Waals surface area contributed by atoms with Crippen LogP contribution < -0.4 is 10.6 Å². The fourth-order valence-corrected chi connectivity index (χ4v) is 3.25. The molecule has 0 unspecified atom stereocenters. The Morgan fingerprint density at radius 2 is 1.72 bits per heavy atom. The van der Waals surface area contributed by atoms with Gasteiger partial charge in [-0.1, -0.05) is 48.5 Å². The molecule has 0 saturated carbocycles. The monoisotopic (exact) mass is 383 g/mol. The molecule has 5 nitrogen and oxygen atoms in total. The van der Waals surface area contributed by atoms with Crippen molar-refractivity contribution in [1.29, 1.82) is 0 Å². The van der Waals surface area contributed by atoms with E-state index in [1.807, 2.05) is 60.7 Å². The Kier molecular flexibility index (Phi) is 5.49. The molecular formula is C24H21N3O2. The van der Waals surface area contributed by atoms with Crippen molar-refractivity contribution < 1.29 is 9.90 Å². The Bertz CT molecular complexity index is 1140. The fraction of sp³-hybridized carbons (Fsp3) is 0.0833. The highest BCUT2D eigenvalue weighted by atomic mass is 16.3. The molecule has 3 aromatic carbocycles. The number of phenols is 1. The molecule has 0 aliphatic carbocycles. The van der Waals surface area contributed by atoms with Crippen molar-refractivity contribution >= 4 is 22.4 Å². The first-order chi connectivity index (χ1) is 14.2. The smallest absolute Gasteiger partial charge is 0.255 e. The first-order valence-electron chi connectivity index (χ1n) is 9.41. The van der Waals surface area contributed by atoms with Crippen LogP contribution in [0.5, 0.6) is 5.75 Å². The molecule has 144 valence electrons. The van der Waals surface area contributed by atoms with Gasteiger partial charge in [-0.05, 0) is 35.2 Å². The lowest BCUT2D eigenvalue weighted by Gasteiger charge is -2.11. The van der Waals surface area contributed by atoms with Crippen molar-refractivity contribution in [3.8, 4) is 5.75 Å². The topological polar surface area (TPSA) is 74.2 Å². The lowest BCUT2D eigenvalue weighted by molar-refractivity contribution is 0.102. The highest BCUT2D eigenvalue weighted by Crippen LogP contribution is 2.28. The average Bonchev–Trinajstić information content (AvgIpc) is 2.76. The van der Waals surface area contributed by atoms with Crippen LogP contribution in [0, 0.1) is 0 Å². The maximum atomic E-state index is 12.3. The van der Waals surface area contributed by atoms with Gasteiger partial charge >= 0.3 is 0 Å². The van der Waals surface area contributed by atoms with E-state index in [2.05, 4.69) is 15.6 Å². The number of nitrogens with one attached hydrogen (secondary N) is 2. The fourth-order valence-electron chi connectivity index (χ4n) is 3.25. The van der Waals surface area contributed by atoms with E-state index in [0.717, 1.165) is 27.6 Å². The van der Waals surface area contributed by atoms with Crippen LogP contribution in [-0.2, 0) is 13.1 Å². The van der Waals surface area contributed by atoms with E-state index in [-0.39, 0.29) is 5.91 Å². The first-order valence-corrected chi connectivity index (χ1v) is 9.41. The third-order valence-electron chi connectivity index (χ3n) is 4.76. The van der Waals surface area contributed by atoms with Gasteiger partial charge in [-0.3, -0.25) is 9.78 Å². The zero-order valence-electron chi connectivity index (χ0n) is 15.8. The Hall–Kier alpha value is -3.70. The highest BCUT2D eigenvalue weighted by Gasteiger charge is 2.07. The SMILES string of the molecule is O=C(Nc1cccc(CNCc2ccc3ccccc3c2O)c1)c1ccncc1. The number of fused-ring (bicyclic) bond motifs is 1. The van der Waals surface area contributed by atoms with Crippen LogP contribution in [0.4, 0.5) is 5.69 Å². The predicted octanol–water partition coefficient (Wildman–Crippen LogP) is 4.48. The number of hydrogen-bond acceptors (Lipinski definition) is 4. The summed E-state index contributed by atoms with van der Waals surface area (Å²) >= 11 is 0. The summed E-state index contributed by atoms with van der Waals surface area (Å²) in [5, 5.41) is 18.6. The molecule has 0 spiro atoms. The number of hydrogen-bond donors (Lipinski definition) is 3. The van der Waals surface area contributed by atoms with Gasteiger partial charge in [0.1, 0.15) is 5.75 Å². The summed E-state index contributed by atoms with van der Waals surface area (Å²) in [5.74, 6) is 0.146. The Morgan fingerprint density at radius 1 is 0.897 bits per heavy atom. The quantitative estimate of drug-likeness (QED) is 0.459. The van der Waals surface area contributed by atoms with Gasteiger partial charge in [-0.25, -0.2) is 0 Å². The predicted molar refractivity (Wildman–Crippen MR) is 115 cm³/mol. The summed E-state index contributed by atoms with van der Waals surface area (Å²) in [6.07, 6.45) is 3.19. The molecule has 1 amide bonds. The number of aromatic nitrogens is 1. The molecule has 4 aromatic rings. The normalized spacial score (nSPS) is 10.8. The standard InChI is InChI=1S/C24H21N3O2/c28-23-20(9-8-18-5-1-2-7-22(18)23)16-26-15-17-4-3-6-21(14-17)27-24(29)19-10-12-25-13-11-19/h1-14,26,28H,15-16H2,(H,27,29). The summed E-state index contributed by atoms with van der Waals surface area (Å²) < 4.78 is 0. The number of amides is 1. The van der Waals surface area contributed by atoms with Gasteiger partial charge in [0.2, 0.25) is 0 Å². The van der Waals surface area contributed by atoms with Crippen LogP contribution in [0.3, 0.4) is 0 Å². The molecule has 0 aliphatic heterocycles. The van der Waals surface area contributed by atoms with Crippen molar-refractivity contribution in [2.24, 2.45) is 0 Å². The number of aromatic hydroxyl groups is 1. The van der Waals surface area contributed by atoms with Gasteiger partial charge in [0.05, 0.1) is 0 Å². The number of anilines is 1. The van der Waals surface area contributed by atoms with E-state index in [1.165, 1.54) is 0 Å². The lowest BCUT2D eigenvalue weighted by Crippen LogP contribution is -2.14. The molecule has 0 fully saturated rings. The maximum absolute atomic E-state index is 12.3. The molecule has 4 rings (SSSR count). The van der Waals surface area contributed by atoms with E-state index in [0.29, 0.717) is 24.4 Å². The molecule has 0 saturated heterocycles. The minimum Gasteiger partial charge on any atom is -0.507 e. The minimum atomic E-state index is -0.168. The Morgan fingerprint density at radius 3 is 2.59 bits per heavy atom. The van der Waals surface area contributed by atoms with Crippen LogP contribution >= 0.6 is 0 Å². The molecule has 0 radical (unpaired) electrons. The van der Waals surface area contributed by atoms with Crippen LogP contribution in [0.25, 0.3) is 10.8 Å². The second kappa shape index (κ2) is 8.54.